The number of hydrogen-bond acceptors (Lipinski definition) is 15. The summed E-state index contributed by atoms with van der Waals surface area (Å²) in [7, 11) is -9.90. The first-order chi connectivity index (χ1) is 41.6. The zero-order valence-electron chi connectivity index (χ0n) is 56.6. The molecule has 0 aromatic carbocycles. The van der Waals surface area contributed by atoms with E-state index >= 15 is 0 Å². The van der Waals surface area contributed by atoms with Crippen LogP contribution in [0.3, 0.4) is 0 Å². The van der Waals surface area contributed by atoms with Crippen LogP contribution in [-0.4, -0.2) is 96.7 Å². The molecule has 0 rings (SSSR count). The fraction of sp³-hybridized carbons (Fsp3) is 0.941. The predicted molar refractivity (Wildman–Crippen MR) is 349 cm³/mol. The minimum atomic E-state index is -4.95. The van der Waals surface area contributed by atoms with E-state index in [1.54, 1.807) is 0 Å². The van der Waals surface area contributed by atoms with E-state index in [1.807, 2.05) is 0 Å². The first-order valence-corrected chi connectivity index (χ1v) is 38.2. The minimum absolute atomic E-state index is 0.102. The van der Waals surface area contributed by atoms with Crippen molar-refractivity contribution in [2.75, 3.05) is 39.6 Å². The lowest BCUT2D eigenvalue weighted by Crippen LogP contribution is -2.30. The Kier molecular flexibility index (Phi) is 56.6. The molecule has 19 heteroatoms. The SMILES string of the molecule is CCC(C)CCCCCCCCC(=O)OC[C@H](COP(=O)(O)OC[C@H](O)COP(=O)(O)OC[C@@H](COC(=O)CCCCCCCCCCCCCCC(C)C)OC(=O)CCCCCCCCCCCC(C)C)OC(=O)CCCCCCCCCC(C)C. The molecule has 516 valence electrons. The van der Waals surface area contributed by atoms with Gasteiger partial charge in [0.05, 0.1) is 26.4 Å². The number of carbonyl (C=O) groups is 4. The van der Waals surface area contributed by atoms with Crippen molar-refractivity contribution >= 4 is 39.5 Å². The fourth-order valence-electron chi connectivity index (χ4n) is 10.1. The van der Waals surface area contributed by atoms with Crippen molar-refractivity contribution < 1.29 is 80.2 Å². The highest BCUT2D eigenvalue weighted by molar-refractivity contribution is 7.47. The first kappa shape index (κ1) is 85.1. The Hall–Kier alpha value is -1.94. The second-order valence-electron chi connectivity index (χ2n) is 26.2. The van der Waals surface area contributed by atoms with Crippen LogP contribution in [0.4, 0.5) is 0 Å². The Balaban J connectivity index is 5.24. The molecule has 0 fully saturated rings. The Morgan fingerprint density at radius 3 is 0.816 bits per heavy atom. The summed E-state index contributed by atoms with van der Waals surface area (Å²) in [6.07, 6.45) is 39.1. The number of unbranched alkanes of at least 4 members (excludes halogenated alkanes) is 30. The van der Waals surface area contributed by atoms with Crippen LogP contribution in [0.1, 0.15) is 331 Å². The van der Waals surface area contributed by atoms with Crippen molar-refractivity contribution in [2.45, 2.75) is 350 Å². The van der Waals surface area contributed by atoms with Crippen LogP contribution in [0.5, 0.6) is 0 Å². The van der Waals surface area contributed by atoms with Crippen molar-refractivity contribution in [3.8, 4) is 0 Å². The van der Waals surface area contributed by atoms with Gasteiger partial charge in [-0.25, -0.2) is 9.13 Å². The van der Waals surface area contributed by atoms with Crippen LogP contribution < -0.4 is 0 Å². The van der Waals surface area contributed by atoms with Crippen LogP contribution in [-0.2, 0) is 65.4 Å². The molecule has 0 spiro atoms. The van der Waals surface area contributed by atoms with Crippen molar-refractivity contribution in [2.24, 2.45) is 23.7 Å². The molecule has 0 heterocycles. The van der Waals surface area contributed by atoms with E-state index in [4.69, 9.17) is 37.0 Å². The number of phosphoric ester groups is 2. The lowest BCUT2D eigenvalue weighted by atomic mass is 10.00. The quantitative estimate of drug-likeness (QED) is 0.0222. The van der Waals surface area contributed by atoms with Crippen molar-refractivity contribution in [3.05, 3.63) is 0 Å². The van der Waals surface area contributed by atoms with Gasteiger partial charge in [0.2, 0.25) is 0 Å². The van der Waals surface area contributed by atoms with Gasteiger partial charge in [0.15, 0.2) is 12.2 Å². The van der Waals surface area contributed by atoms with Crippen LogP contribution in [0.15, 0.2) is 0 Å². The topological polar surface area (TPSA) is 237 Å². The molecule has 0 saturated carbocycles. The average Bonchev–Trinajstić information content (AvgIpc) is 3.68. The van der Waals surface area contributed by atoms with E-state index in [2.05, 4.69) is 55.4 Å². The molecule has 3 unspecified atom stereocenters. The standard InChI is InChI=1S/C68H132O17P2/c1-9-61(8)47-39-31-26-27-33-41-49-66(71)79-55-64(85-68(73)51-43-35-25-19-22-30-38-46-60(6)7)57-83-87(76,77)81-53-62(69)52-80-86(74,75)82-56-63(84-67(72)50-42-34-24-18-14-16-21-29-37-45-59(4)5)54-78-65(70)48-40-32-23-17-13-11-10-12-15-20-28-36-44-58(2)3/h58-64,69H,9-57H2,1-8H3,(H,74,75)(H,76,77)/t61?,62-,63-,64-/m1/s1. The normalized spacial score (nSPS) is 14.6. The van der Waals surface area contributed by atoms with Gasteiger partial charge in [0.1, 0.15) is 19.3 Å². The van der Waals surface area contributed by atoms with Gasteiger partial charge < -0.3 is 33.8 Å². The van der Waals surface area contributed by atoms with Crippen molar-refractivity contribution in [1.29, 1.82) is 0 Å². The average molecular weight is 1280 g/mol. The molecule has 0 aliphatic carbocycles. The predicted octanol–water partition coefficient (Wildman–Crippen LogP) is 18.9. The second-order valence-corrected chi connectivity index (χ2v) is 29.1. The molecule has 6 atom stereocenters. The van der Waals surface area contributed by atoms with Crippen molar-refractivity contribution in [3.63, 3.8) is 0 Å². The number of rotatable bonds is 65. The zero-order chi connectivity index (χ0) is 64.7. The number of ether oxygens (including phenoxy) is 4. The van der Waals surface area contributed by atoms with Crippen LogP contribution in [0.2, 0.25) is 0 Å². The molecule has 0 aliphatic heterocycles. The molecule has 87 heavy (non-hydrogen) atoms. The number of hydrogen-bond donors (Lipinski definition) is 3. The fourth-order valence-corrected chi connectivity index (χ4v) is 11.7. The largest absolute Gasteiger partial charge is 0.472 e. The Morgan fingerprint density at radius 2 is 0.552 bits per heavy atom. The Bertz CT molecular complexity index is 1730. The lowest BCUT2D eigenvalue weighted by molar-refractivity contribution is -0.161. The number of phosphoric acid groups is 2. The maximum atomic E-state index is 13.0. The molecule has 0 radical (unpaired) electrons. The lowest BCUT2D eigenvalue weighted by Gasteiger charge is -2.21. The van der Waals surface area contributed by atoms with Crippen LogP contribution in [0, 0.1) is 23.7 Å². The Labute approximate surface area is 530 Å². The third-order valence-corrected chi connectivity index (χ3v) is 17.8. The van der Waals surface area contributed by atoms with E-state index in [0.717, 1.165) is 114 Å². The number of carbonyl (C=O) groups excluding carboxylic acids is 4. The monoisotopic (exact) mass is 1280 g/mol. The highest BCUT2D eigenvalue weighted by atomic mass is 31.2. The summed E-state index contributed by atoms with van der Waals surface area (Å²) in [5, 5.41) is 10.6. The second kappa shape index (κ2) is 57.9. The molecular formula is C68H132O17P2. The molecule has 0 amide bonds. The highest BCUT2D eigenvalue weighted by Gasteiger charge is 2.30. The third-order valence-electron chi connectivity index (χ3n) is 15.9. The molecule has 0 aromatic rings. The van der Waals surface area contributed by atoms with Gasteiger partial charge in [0.25, 0.3) is 0 Å². The molecule has 0 aromatic heterocycles. The van der Waals surface area contributed by atoms with E-state index in [0.29, 0.717) is 31.6 Å². The number of aliphatic hydroxyl groups excluding tert-OH is 1. The van der Waals surface area contributed by atoms with Gasteiger partial charge in [-0.1, -0.05) is 280 Å². The highest BCUT2D eigenvalue weighted by Crippen LogP contribution is 2.45. The van der Waals surface area contributed by atoms with Gasteiger partial charge in [-0.05, 0) is 49.4 Å². The maximum Gasteiger partial charge on any atom is 0.472 e. The zero-order valence-corrected chi connectivity index (χ0v) is 58.4. The third kappa shape index (κ3) is 61.3. The summed E-state index contributed by atoms with van der Waals surface area (Å²) in [6.45, 7) is 14.0. The summed E-state index contributed by atoms with van der Waals surface area (Å²) in [6, 6.07) is 0. The number of aliphatic hydroxyl groups is 1. The van der Waals surface area contributed by atoms with E-state index < -0.39 is 97.5 Å². The van der Waals surface area contributed by atoms with Gasteiger partial charge in [0, 0.05) is 25.7 Å². The van der Waals surface area contributed by atoms with Crippen LogP contribution >= 0.6 is 15.6 Å². The van der Waals surface area contributed by atoms with Gasteiger partial charge in [-0.2, -0.15) is 0 Å². The molecule has 0 aliphatic rings. The van der Waals surface area contributed by atoms with Gasteiger partial charge >= 0.3 is 39.5 Å². The van der Waals surface area contributed by atoms with E-state index in [9.17, 15) is 43.2 Å². The molecule has 0 saturated heterocycles. The summed E-state index contributed by atoms with van der Waals surface area (Å²) < 4.78 is 68.2. The van der Waals surface area contributed by atoms with Crippen LogP contribution in [0.25, 0.3) is 0 Å². The summed E-state index contributed by atoms with van der Waals surface area (Å²) in [5.74, 6) is 0.810. The summed E-state index contributed by atoms with van der Waals surface area (Å²) in [4.78, 5) is 72.4. The smallest absolute Gasteiger partial charge is 0.462 e. The first-order valence-electron chi connectivity index (χ1n) is 35.2. The maximum absolute atomic E-state index is 13.0. The minimum Gasteiger partial charge on any atom is -0.462 e. The van der Waals surface area contributed by atoms with Crippen molar-refractivity contribution in [1.82, 2.24) is 0 Å². The van der Waals surface area contributed by atoms with E-state index in [1.165, 1.54) is 128 Å². The molecular weight excluding hydrogens is 1150 g/mol. The summed E-state index contributed by atoms with van der Waals surface area (Å²) in [5.41, 5.74) is 0. The molecule has 17 nitrogen and oxygen atoms in total. The molecule has 3 N–H and O–H groups in total. The molecule has 0 bridgehead atoms. The van der Waals surface area contributed by atoms with Gasteiger partial charge in [-0.3, -0.25) is 37.3 Å². The number of esters is 4. The van der Waals surface area contributed by atoms with E-state index in [-0.39, 0.29) is 25.7 Å². The Morgan fingerprint density at radius 1 is 0.322 bits per heavy atom. The van der Waals surface area contributed by atoms with Gasteiger partial charge in [-0.15, -0.1) is 0 Å². The summed E-state index contributed by atoms with van der Waals surface area (Å²) >= 11 is 0.